The Hall–Kier alpha value is -3.77. The molecule has 1 aliphatic rings. The maximum atomic E-state index is 6.39. The van der Waals surface area contributed by atoms with Crippen molar-refractivity contribution in [3.05, 3.63) is 78.2 Å². The maximum absolute atomic E-state index is 6.39. The van der Waals surface area contributed by atoms with Gasteiger partial charge in [0.2, 0.25) is 11.5 Å². The molecule has 0 saturated heterocycles. The van der Waals surface area contributed by atoms with Crippen LogP contribution in [0.25, 0.3) is 22.1 Å². The van der Waals surface area contributed by atoms with Gasteiger partial charge < -0.3 is 4.42 Å². The van der Waals surface area contributed by atoms with Gasteiger partial charge in [0.25, 0.3) is 5.82 Å². The largest absolute Gasteiger partial charge is 0.435 e. The summed E-state index contributed by atoms with van der Waals surface area (Å²) in [4.78, 5) is 16.5. The van der Waals surface area contributed by atoms with E-state index in [-0.39, 0.29) is 6.17 Å². The molecule has 158 valence electrons. The lowest BCUT2D eigenvalue weighted by Crippen LogP contribution is -2.50. The smallest absolute Gasteiger partial charge is 0.278 e. The van der Waals surface area contributed by atoms with Gasteiger partial charge in [-0.15, -0.1) is 0 Å². The van der Waals surface area contributed by atoms with E-state index in [2.05, 4.69) is 73.2 Å². The molecule has 0 fully saturated rings. The van der Waals surface area contributed by atoms with Crippen LogP contribution in [0.5, 0.6) is 0 Å². The fraction of sp³-hybridized carbons (Fsp3) is 0.192. The Morgan fingerprint density at radius 1 is 0.906 bits per heavy atom. The number of quaternary nitrogens is 1. The van der Waals surface area contributed by atoms with Crippen LogP contribution in [0.15, 0.2) is 71.4 Å². The Kier molecular flexibility index (Phi) is 3.92. The molecule has 1 aliphatic heterocycles. The minimum Gasteiger partial charge on any atom is -0.435 e. The molecule has 0 radical (unpaired) electrons. The van der Waals surface area contributed by atoms with E-state index in [1.807, 2.05) is 19.1 Å². The number of fused-ring (bicyclic) bond motifs is 4. The standard InChI is InChI=1S/C26H24N5O/c1-16-10-12-20-21-13-11-17(2)29-26(21)32-23(20)22(16)30-18(3)31(4,19-8-6-5-7-9-19)25-24(30)27-14-15-28-25/h5-15,18H,1-4H3/q+1. The Labute approximate surface area is 186 Å². The fourth-order valence-corrected chi connectivity index (χ4v) is 4.97. The van der Waals surface area contributed by atoms with Gasteiger partial charge in [0.05, 0.1) is 18.9 Å². The first-order valence-electron chi connectivity index (χ1n) is 10.8. The molecule has 2 unspecified atom stereocenters. The maximum Gasteiger partial charge on any atom is 0.278 e. The molecule has 5 aromatic rings. The van der Waals surface area contributed by atoms with E-state index >= 15 is 0 Å². The molecule has 6 nitrogen and oxygen atoms in total. The quantitative estimate of drug-likeness (QED) is 0.319. The van der Waals surface area contributed by atoms with E-state index in [9.17, 15) is 0 Å². The van der Waals surface area contributed by atoms with Crippen LogP contribution in [0.4, 0.5) is 23.0 Å². The van der Waals surface area contributed by atoms with E-state index in [4.69, 9.17) is 14.4 Å². The second-order valence-electron chi connectivity index (χ2n) is 8.63. The van der Waals surface area contributed by atoms with Gasteiger partial charge in [0, 0.05) is 29.6 Å². The highest BCUT2D eigenvalue weighted by molar-refractivity contribution is 6.09. The molecule has 0 bridgehead atoms. The van der Waals surface area contributed by atoms with Crippen molar-refractivity contribution in [3.8, 4) is 0 Å². The molecule has 0 amide bonds. The molecule has 32 heavy (non-hydrogen) atoms. The minimum atomic E-state index is 0.0157. The first kappa shape index (κ1) is 19.0. The van der Waals surface area contributed by atoms with Gasteiger partial charge in [0.15, 0.2) is 11.7 Å². The molecule has 2 atom stereocenters. The summed E-state index contributed by atoms with van der Waals surface area (Å²) in [5.41, 5.74) is 5.75. The van der Waals surface area contributed by atoms with Crippen LogP contribution in [0.2, 0.25) is 0 Å². The zero-order chi connectivity index (χ0) is 22.0. The number of benzene rings is 2. The van der Waals surface area contributed by atoms with Gasteiger partial charge >= 0.3 is 0 Å². The summed E-state index contributed by atoms with van der Waals surface area (Å²) in [5, 5.41) is 2.09. The number of para-hydroxylation sites is 1. The number of anilines is 2. The summed E-state index contributed by atoms with van der Waals surface area (Å²) in [7, 11) is 2.20. The van der Waals surface area contributed by atoms with Crippen molar-refractivity contribution in [3.63, 3.8) is 0 Å². The van der Waals surface area contributed by atoms with Crippen molar-refractivity contribution in [2.24, 2.45) is 0 Å². The summed E-state index contributed by atoms with van der Waals surface area (Å²) in [6.45, 7) is 6.32. The summed E-state index contributed by atoms with van der Waals surface area (Å²) >= 11 is 0. The second kappa shape index (κ2) is 6.61. The molecule has 6 rings (SSSR count). The third-order valence-corrected chi connectivity index (χ3v) is 6.80. The van der Waals surface area contributed by atoms with Crippen molar-refractivity contribution < 1.29 is 4.42 Å². The summed E-state index contributed by atoms with van der Waals surface area (Å²) < 4.78 is 6.91. The van der Waals surface area contributed by atoms with E-state index < -0.39 is 0 Å². The molecule has 4 heterocycles. The highest BCUT2D eigenvalue weighted by Gasteiger charge is 2.51. The predicted octanol–water partition coefficient (Wildman–Crippen LogP) is 6.15. The van der Waals surface area contributed by atoms with Gasteiger partial charge in [-0.05, 0) is 43.7 Å². The number of aryl methyl sites for hydroxylation is 2. The SMILES string of the molecule is Cc1ccc2c(n1)oc1c(N3c4nccnc4[N+](C)(c4ccccc4)C3C)c(C)ccc12. The van der Waals surface area contributed by atoms with Crippen LogP contribution in [0, 0.1) is 13.8 Å². The Morgan fingerprint density at radius 2 is 1.66 bits per heavy atom. The van der Waals surface area contributed by atoms with Crippen molar-refractivity contribution in [2.75, 3.05) is 11.9 Å². The van der Waals surface area contributed by atoms with Gasteiger partial charge in [-0.25, -0.2) is 14.5 Å². The lowest BCUT2D eigenvalue weighted by molar-refractivity contribution is 0.381. The molecule has 3 aromatic heterocycles. The summed E-state index contributed by atoms with van der Waals surface area (Å²) in [6.07, 6.45) is 3.55. The van der Waals surface area contributed by atoms with Crippen LogP contribution in [0.1, 0.15) is 18.2 Å². The monoisotopic (exact) mass is 422 g/mol. The van der Waals surface area contributed by atoms with Gasteiger partial charge in [-0.1, -0.05) is 30.3 Å². The predicted molar refractivity (Wildman–Crippen MR) is 128 cm³/mol. The first-order chi connectivity index (χ1) is 15.5. The van der Waals surface area contributed by atoms with E-state index in [0.29, 0.717) is 10.2 Å². The van der Waals surface area contributed by atoms with Crippen molar-refractivity contribution in [2.45, 2.75) is 26.9 Å². The normalized spacial score (nSPS) is 20.2. The van der Waals surface area contributed by atoms with E-state index in [1.165, 1.54) is 0 Å². The van der Waals surface area contributed by atoms with Crippen molar-refractivity contribution in [1.82, 2.24) is 19.4 Å². The number of hydrogen-bond donors (Lipinski definition) is 0. The zero-order valence-corrected chi connectivity index (χ0v) is 18.6. The van der Waals surface area contributed by atoms with Gasteiger partial charge in [-0.3, -0.25) is 4.90 Å². The Balaban J connectivity index is 1.66. The first-order valence-corrected chi connectivity index (χ1v) is 10.8. The van der Waals surface area contributed by atoms with Crippen LogP contribution in [0.3, 0.4) is 0 Å². The average Bonchev–Trinajstić information content (AvgIpc) is 3.28. The van der Waals surface area contributed by atoms with E-state index in [0.717, 1.165) is 50.6 Å². The number of aromatic nitrogens is 3. The van der Waals surface area contributed by atoms with Crippen molar-refractivity contribution in [1.29, 1.82) is 0 Å². The Bertz CT molecular complexity index is 1490. The average molecular weight is 423 g/mol. The van der Waals surface area contributed by atoms with Crippen LogP contribution >= 0.6 is 0 Å². The zero-order valence-electron chi connectivity index (χ0n) is 18.6. The molecule has 0 saturated carbocycles. The third kappa shape index (κ3) is 2.41. The number of rotatable bonds is 2. The van der Waals surface area contributed by atoms with Crippen LogP contribution in [-0.4, -0.2) is 28.2 Å². The molecular weight excluding hydrogens is 398 g/mol. The van der Waals surface area contributed by atoms with E-state index in [1.54, 1.807) is 12.4 Å². The third-order valence-electron chi connectivity index (χ3n) is 6.80. The van der Waals surface area contributed by atoms with Crippen LogP contribution in [-0.2, 0) is 0 Å². The topological polar surface area (TPSA) is 55.1 Å². The molecule has 0 aliphatic carbocycles. The highest BCUT2D eigenvalue weighted by atomic mass is 16.3. The lowest BCUT2D eigenvalue weighted by atomic mass is 10.1. The molecule has 2 aromatic carbocycles. The van der Waals surface area contributed by atoms with Gasteiger partial charge in [0.1, 0.15) is 5.69 Å². The Morgan fingerprint density at radius 3 is 2.47 bits per heavy atom. The second-order valence-corrected chi connectivity index (χ2v) is 8.63. The van der Waals surface area contributed by atoms with Crippen molar-refractivity contribution >= 4 is 45.1 Å². The van der Waals surface area contributed by atoms with Crippen LogP contribution < -0.4 is 9.38 Å². The molecule has 0 N–H and O–H groups in total. The molecule has 0 spiro atoms. The molecular formula is C26H24N5O+. The fourth-order valence-electron chi connectivity index (χ4n) is 4.97. The number of pyridine rings is 1. The number of furan rings is 1. The number of nitrogens with zero attached hydrogens (tertiary/aromatic N) is 5. The summed E-state index contributed by atoms with van der Waals surface area (Å²) in [5.74, 6) is 1.78. The number of hydrogen-bond acceptors (Lipinski definition) is 5. The van der Waals surface area contributed by atoms with Gasteiger partial charge in [-0.2, -0.15) is 4.98 Å². The minimum absolute atomic E-state index is 0.0157. The molecule has 6 heteroatoms. The highest BCUT2D eigenvalue weighted by Crippen LogP contribution is 2.52. The summed E-state index contributed by atoms with van der Waals surface area (Å²) in [6, 6.07) is 18.9. The lowest BCUT2D eigenvalue weighted by Gasteiger charge is -2.35.